The van der Waals surface area contributed by atoms with Gasteiger partial charge in [0.1, 0.15) is 5.82 Å². The quantitative estimate of drug-likeness (QED) is 0.895. The molecule has 1 aliphatic rings. The van der Waals surface area contributed by atoms with Crippen LogP contribution in [0.25, 0.3) is 0 Å². The highest BCUT2D eigenvalue weighted by atomic mass is 16.2. The number of carbonyl (C=O) groups is 1. The highest BCUT2D eigenvalue weighted by molar-refractivity contribution is 5.91. The standard InChI is InChI=1S/C17H29N5O/c1-6-21(9-11(2)3)17(23)15-19-13(5)12(4)16(20-15)22-8-7-14(18)10-22/h11,14H,6-10,18H2,1-5H3/t14-/m1/s1. The van der Waals surface area contributed by atoms with Crippen LogP contribution in [0.3, 0.4) is 0 Å². The van der Waals surface area contributed by atoms with E-state index in [0.717, 1.165) is 43.1 Å². The van der Waals surface area contributed by atoms with Crippen LogP contribution in [0, 0.1) is 19.8 Å². The van der Waals surface area contributed by atoms with E-state index in [1.165, 1.54) is 0 Å². The highest BCUT2D eigenvalue weighted by Gasteiger charge is 2.26. The Morgan fingerprint density at radius 3 is 2.61 bits per heavy atom. The summed E-state index contributed by atoms with van der Waals surface area (Å²) in [5, 5.41) is 0. The molecule has 6 nitrogen and oxygen atoms in total. The molecule has 1 aliphatic heterocycles. The lowest BCUT2D eigenvalue weighted by Crippen LogP contribution is -2.36. The van der Waals surface area contributed by atoms with Crippen molar-refractivity contribution in [3.63, 3.8) is 0 Å². The molecule has 0 saturated carbocycles. The Morgan fingerprint density at radius 1 is 1.39 bits per heavy atom. The molecule has 0 aliphatic carbocycles. The van der Waals surface area contributed by atoms with E-state index in [9.17, 15) is 4.79 Å². The number of anilines is 1. The normalized spacial score (nSPS) is 17.9. The topological polar surface area (TPSA) is 75.4 Å². The number of carbonyl (C=O) groups excluding carboxylic acids is 1. The molecule has 0 spiro atoms. The zero-order chi connectivity index (χ0) is 17.1. The van der Waals surface area contributed by atoms with Gasteiger partial charge in [0, 0.05) is 43.5 Å². The van der Waals surface area contributed by atoms with E-state index < -0.39 is 0 Å². The van der Waals surface area contributed by atoms with Gasteiger partial charge in [-0.25, -0.2) is 9.97 Å². The van der Waals surface area contributed by atoms with Gasteiger partial charge in [0.15, 0.2) is 0 Å². The van der Waals surface area contributed by atoms with Crippen molar-refractivity contribution in [2.75, 3.05) is 31.1 Å². The minimum atomic E-state index is -0.0888. The van der Waals surface area contributed by atoms with Crippen LogP contribution in [0.5, 0.6) is 0 Å². The molecule has 1 amide bonds. The van der Waals surface area contributed by atoms with Gasteiger partial charge in [0.2, 0.25) is 5.82 Å². The van der Waals surface area contributed by atoms with Crippen molar-refractivity contribution in [2.24, 2.45) is 11.7 Å². The predicted molar refractivity (Wildman–Crippen MR) is 92.7 cm³/mol. The van der Waals surface area contributed by atoms with Crippen LogP contribution in [0.15, 0.2) is 0 Å². The average molecular weight is 319 g/mol. The molecule has 2 heterocycles. The van der Waals surface area contributed by atoms with Crippen molar-refractivity contribution in [1.29, 1.82) is 0 Å². The fourth-order valence-electron chi connectivity index (χ4n) is 2.93. The first-order valence-electron chi connectivity index (χ1n) is 8.48. The van der Waals surface area contributed by atoms with Gasteiger partial charge < -0.3 is 15.5 Å². The smallest absolute Gasteiger partial charge is 0.291 e. The lowest BCUT2D eigenvalue weighted by Gasteiger charge is -2.24. The number of rotatable bonds is 5. The maximum atomic E-state index is 12.8. The summed E-state index contributed by atoms with van der Waals surface area (Å²) in [4.78, 5) is 25.8. The average Bonchev–Trinajstić information content (AvgIpc) is 2.92. The van der Waals surface area contributed by atoms with Gasteiger partial charge >= 0.3 is 0 Å². The van der Waals surface area contributed by atoms with Gasteiger partial charge in [-0.05, 0) is 33.1 Å². The van der Waals surface area contributed by atoms with Crippen LogP contribution in [-0.4, -0.2) is 53.0 Å². The lowest BCUT2D eigenvalue weighted by atomic mass is 10.2. The van der Waals surface area contributed by atoms with Crippen molar-refractivity contribution in [3.8, 4) is 0 Å². The zero-order valence-corrected chi connectivity index (χ0v) is 15.0. The summed E-state index contributed by atoms with van der Waals surface area (Å²) in [5.41, 5.74) is 7.90. The fourth-order valence-corrected chi connectivity index (χ4v) is 2.93. The van der Waals surface area contributed by atoms with Gasteiger partial charge in [0.25, 0.3) is 5.91 Å². The van der Waals surface area contributed by atoms with Crippen molar-refractivity contribution in [1.82, 2.24) is 14.9 Å². The summed E-state index contributed by atoms with van der Waals surface area (Å²) >= 11 is 0. The Bertz CT molecular complexity index is 572. The Labute approximate surface area is 139 Å². The van der Waals surface area contributed by atoms with E-state index >= 15 is 0 Å². The van der Waals surface area contributed by atoms with Crippen molar-refractivity contribution < 1.29 is 4.79 Å². The molecule has 6 heteroatoms. The predicted octanol–water partition coefficient (Wildman–Crippen LogP) is 1.75. The summed E-state index contributed by atoms with van der Waals surface area (Å²) in [7, 11) is 0. The number of amides is 1. The van der Waals surface area contributed by atoms with Crippen molar-refractivity contribution in [2.45, 2.75) is 47.1 Å². The third-order valence-corrected chi connectivity index (χ3v) is 4.33. The number of nitrogens with zero attached hydrogens (tertiary/aromatic N) is 4. The largest absolute Gasteiger partial charge is 0.355 e. The van der Waals surface area contributed by atoms with E-state index in [-0.39, 0.29) is 11.9 Å². The molecule has 0 unspecified atom stereocenters. The van der Waals surface area contributed by atoms with Crippen LogP contribution >= 0.6 is 0 Å². The molecule has 1 saturated heterocycles. The second-order valence-corrected chi connectivity index (χ2v) is 6.81. The number of hydrogen-bond acceptors (Lipinski definition) is 5. The van der Waals surface area contributed by atoms with Gasteiger partial charge in [-0.15, -0.1) is 0 Å². The maximum Gasteiger partial charge on any atom is 0.291 e. The van der Waals surface area contributed by atoms with E-state index in [2.05, 4.69) is 28.7 Å². The van der Waals surface area contributed by atoms with E-state index in [1.807, 2.05) is 25.7 Å². The lowest BCUT2D eigenvalue weighted by molar-refractivity contribution is 0.0733. The number of aryl methyl sites for hydroxylation is 1. The first-order valence-corrected chi connectivity index (χ1v) is 8.48. The molecular formula is C17H29N5O. The van der Waals surface area contributed by atoms with Crippen LogP contribution in [0.4, 0.5) is 5.82 Å². The molecule has 128 valence electrons. The van der Waals surface area contributed by atoms with Gasteiger partial charge in [-0.3, -0.25) is 4.79 Å². The van der Waals surface area contributed by atoms with Crippen molar-refractivity contribution >= 4 is 11.7 Å². The molecule has 23 heavy (non-hydrogen) atoms. The minimum absolute atomic E-state index is 0.0888. The maximum absolute atomic E-state index is 12.8. The molecule has 2 N–H and O–H groups in total. The Morgan fingerprint density at radius 2 is 2.09 bits per heavy atom. The van der Waals surface area contributed by atoms with Gasteiger partial charge in [-0.1, -0.05) is 13.8 Å². The molecule has 1 aromatic rings. The van der Waals surface area contributed by atoms with Crippen LogP contribution in [0.1, 0.15) is 49.1 Å². The summed E-state index contributed by atoms with van der Waals surface area (Å²) in [6, 6.07) is 0.178. The molecule has 0 bridgehead atoms. The van der Waals surface area contributed by atoms with Crippen LogP contribution < -0.4 is 10.6 Å². The first kappa shape index (κ1) is 17.7. The van der Waals surface area contributed by atoms with Crippen molar-refractivity contribution in [3.05, 3.63) is 17.1 Å². The summed E-state index contributed by atoms with van der Waals surface area (Å²) in [5.74, 6) is 1.48. The van der Waals surface area contributed by atoms with Gasteiger partial charge in [0.05, 0.1) is 0 Å². The summed E-state index contributed by atoms with van der Waals surface area (Å²) in [6.07, 6.45) is 0.959. The number of hydrogen-bond donors (Lipinski definition) is 1. The Kier molecular flexibility index (Phi) is 5.57. The van der Waals surface area contributed by atoms with Gasteiger partial charge in [-0.2, -0.15) is 0 Å². The third-order valence-electron chi connectivity index (χ3n) is 4.33. The molecular weight excluding hydrogens is 290 g/mol. The Hall–Kier alpha value is -1.69. The van der Waals surface area contributed by atoms with Crippen LogP contribution in [-0.2, 0) is 0 Å². The Balaban J connectivity index is 2.32. The van der Waals surface area contributed by atoms with E-state index in [1.54, 1.807) is 0 Å². The summed E-state index contributed by atoms with van der Waals surface area (Å²) in [6.45, 7) is 13.2. The minimum Gasteiger partial charge on any atom is -0.355 e. The number of nitrogens with two attached hydrogens (primary N) is 1. The second kappa shape index (κ2) is 7.25. The fraction of sp³-hybridized carbons (Fsp3) is 0.706. The summed E-state index contributed by atoms with van der Waals surface area (Å²) < 4.78 is 0. The van der Waals surface area contributed by atoms with E-state index in [4.69, 9.17) is 5.73 Å². The molecule has 2 rings (SSSR count). The SMILES string of the molecule is CCN(CC(C)C)C(=O)c1nc(C)c(C)c(N2CC[C@@H](N)C2)n1. The zero-order valence-electron chi connectivity index (χ0n) is 15.0. The third kappa shape index (κ3) is 3.99. The van der Waals surface area contributed by atoms with E-state index in [0.29, 0.717) is 18.3 Å². The highest BCUT2D eigenvalue weighted by Crippen LogP contribution is 2.23. The molecule has 0 aromatic carbocycles. The second-order valence-electron chi connectivity index (χ2n) is 6.81. The monoisotopic (exact) mass is 319 g/mol. The first-order chi connectivity index (χ1) is 10.8. The van der Waals surface area contributed by atoms with Crippen LogP contribution in [0.2, 0.25) is 0 Å². The molecule has 0 radical (unpaired) electrons. The molecule has 1 atom stereocenters. The number of aromatic nitrogens is 2. The molecule has 1 aromatic heterocycles. The molecule has 1 fully saturated rings.